The van der Waals surface area contributed by atoms with E-state index in [1.54, 1.807) is 6.20 Å². The Morgan fingerprint density at radius 3 is 2.08 bits per heavy atom. The summed E-state index contributed by atoms with van der Waals surface area (Å²) < 4.78 is 0. The van der Waals surface area contributed by atoms with Crippen LogP contribution < -0.4 is 10.6 Å². The second kappa shape index (κ2) is 8.25. The summed E-state index contributed by atoms with van der Waals surface area (Å²) in [5.74, 6) is 0.242. The molecule has 5 heteroatoms. The molecule has 0 aliphatic heterocycles. The predicted molar refractivity (Wildman–Crippen MR) is 103 cm³/mol. The third kappa shape index (κ3) is 4.25. The van der Waals surface area contributed by atoms with Crippen LogP contribution in [0.5, 0.6) is 0 Å². The number of hydrogen-bond donors (Lipinski definition) is 2. The molecule has 2 N–H and O–H groups in total. The maximum Gasteiger partial charge on any atom is 0.273 e. The summed E-state index contributed by atoms with van der Waals surface area (Å²) >= 11 is 0. The molecule has 3 rings (SSSR count). The lowest BCUT2D eigenvalue weighted by atomic mass is 10.1. The third-order valence-electron chi connectivity index (χ3n) is 4.32. The number of nitrogens with zero attached hydrogens (tertiary/aromatic N) is 2. The van der Waals surface area contributed by atoms with Crippen LogP contribution in [0.25, 0.3) is 0 Å². The van der Waals surface area contributed by atoms with Crippen molar-refractivity contribution >= 4 is 11.7 Å². The molecule has 0 bridgehead atoms. The largest absolute Gasteiger partial charge is 0.364 e. The minimum absolute atomic E-state index is 0.242. The summed E-state index contributed by atoms with van der Waals surface area (Å²) in [5.41, 5.74) is 4.87. The fourth-order valence-electron chi connectivity index (χ4n) is 2.69. The molecule has 0 aliphatic carbocycles. The summed E-state index contributed by atoms with van der Waals surface area (Å²) in [4.78, 5) is 21.1. The van der Waals surface area contributed by atoms with Crippen LogP contribution in [-0.4, -0.2) is 15.9 Å². The number of anilines is 1. The summed E-state index contributed by atoms with van der Waals surface area (Å²) in [5, 5.41) is 6.15. The number of hydrogen-bond acceptors (Lipinski definition) is 4. The van der Waals surface area contributed by atoms with Crippen LogP contribution in [0, 0.1) is 13.8 Å². The SMILES string of the molecule is Cc1ccccc1CNC(=O)c1nccnc1NCc1ccccc1C. The zero-order valence-corrected chi connectivity index (χ0v) is 15.0. The average Bonchev–Trinajstić information content (AvgIpc) is 2.67. The van der Waals surface area contributed by atoms with Gasteiger partial charge >= 0.3 is 0 Å². The molecule has 3 aromatic rings. The van der Waals surface area contributed by atoms with E-state index in [2.05, 4.69) is 39.7 Å². The van der Waals surface area contributed by atoms with Gasteiger partial charge in [0.15, 0.2) is 11.5 Å². The molecule has 0 fully saturated rings. The fourth-order valence-corrected chi connectivity index (χ4v) is 2.69. The number of rotatable bonds is 6. The summed E-state index contributed by atoms with van der Waals surface area (Å²) in [6.07, 6.45) is 3.11. The molecule has 0 aliphatic rings. The minimum atomic E-state index is -0.242. The molecule has 0 saturated heterocycles. The van der Waals surface area contributed by atoms with Gasteiger partial charge in [-0.25, -0.2) is 9.97 Å². The number of carbonyl (C=O) groups is 1. The van der Waals surface area contributed by atoms with Crippen LogP contribution >= 0.6 is 0 Å². The van der Waals surface area contributed by atoms with Gasteiger partial charge in [-0.15, -0.1) is 0 Å². The molecule has 132 valence electrons. The summed E-state index contributed by atoms with van der Waals surface area (Å²) in [6, 6.07) is 16.1. The first-order chi connectivity index (χ1) is 12.6. The van der Waals surface area contributed by atoms with E-state index in [0.717, 1.165) is 16.7 Å². The van der Waals surface area contributed by atoms with Crippen molar-refractivity contribution in [3.8, 4) is 0 Å². The number of aryl methyl sites for hydroxylation is 2. The minimum Gasteiger partial charge on any atom is -0.364 e. The topological polar surface area (TPSA) is 66.9 Å². The molecule has 5 nitrogen and oxygen atoms in total. The van der Waals surface area contributed by atoms with E-state index in [4.69, 9.17) is 0 Å². The van der Waals surface area contributed by atoms with Crippen LogP contribution in [0.2, 0.25) is 0 Å². The number of benzene rings is 2. The van der Waals surface area contributed by atoms with Crippen LogP contribution in [-0.2, 0) is 13.1 Å². The van der Waals surface area contributed by atoms with Crippen molar-refractivity contribution < 1.29 is 4.79 Å². The van der Waals surface area contributed by atoms with Gasteiger partial charge in [-0.05, 0) is 36.1 Å². The Morgan fingerprint density at radius 2 is 1.42 bits per heavy atom. The first kappa shape index (κ1) is 17.6. The predicted octanol–water partition coefficient (Wildman–Crippen LogP) is 3.64. The van der Waals surface area contributed by atoms with Gasteiger partial charge in [0.1, 0.15) is 0 Å². The highest BCUT2D eigenvalue weighted by atomic mass is 16.1. The van der Waals surface area contributed by atoms with E-state index in [1.165, 1.54) is 11.8 Å². The first-order valence-corrected chi connectivity index (χ1v) is 8.57. The molecule has 0 unspecified atom stereocenters. The summed E-state index contributed by atoms with van der Waals surface area (Å²) in [6.45, 7) is 5.13. The standard InChI is InChI=1S/C21H22N4O/c1-15-7-3-5-9-17(15)13-24-20-19(22-11-12-23-20)21(26)25-14-18-10-6-4-8-16(18)2/h3-12H,13-14H2,1-2H3,(H,23,24)(H,25,26). The highest BCUT2D eigenvalue weighted by Crippen LogP contribution is 2.13. The Kier molecular flexibility index (Phi) is 5.59. The average molecular weight is 346 g/mol. The number of nitrogens with one attached hydrogen (secondary N) is 2. The van der Waals surface area contributed by atoms with Crippen LogP contribution in [0.4, 0.5) is 5.82 Å². The van der Waals surface area contributed by atoms with E-state index in [1.807, 2.05) is 43.3 Å². The molecule has 0 radical (unpaired) electrons. The van der Waals surface area contributed by atoms with Gasteiger partial charge < -0.3 is 10.6 Å². The molecule has 0 atom stereocenters. The van der Waals surface area contributed by atoms with Gasteiger partial charge in [-0.2, -0.15) is 0 Å². The molecule has 0 saturated carbocycles. The van der Waals surface area contributed by atoms with Crippen molar-refractivity contribution in [2.45, 2.75) is 26.9 Å². The van der Waals surface area contributed by atoms with Crippen molar-refractivity contribution in [1.29, 1.82) is 0 Å². The number of aromatic nitrogens is 2. The van der Waals surface area contributed by atoms with E-state index in [0.29, 0.717) is 24.6 Å². The van der Waals surface area contributed by atoms with E-state index >= 15 is 0 Å². The zero-order chi connectivity index (χ0) is 18.4. The monoisotopic (exact) mass is 346 g/mol. The lowest BCUT2D eigenvalue weighted by Crippen LogP contribution is -2.25. The molecular formula is C21H22N4O. The van der Waals surface area contributed by atoms with Crippen LogP contribution in [0.3, 0.4) is 0 Å². The highest BCUT2D eigenvalue weighted by Gasteiger charge is 2.14. The highest BCUT2D eigenvalue weighted by molar-refractivity contribution is 5.96. The van der Waals surface area contributed by atoms with E-state index < -0.39 is 0 Å². The quantitative estimate of drug-likeness (QED) is 0.715. The Balaban J connectivity index is 1.69. The second-order valence-electron chi connectivity index (χ2n) is 6.14. The van der Waals surface area contributed by atoms with E-state index in [-0.39, 0.29) is 5.91 Å². The normalized spacial score (nSPS) is 10.4. The maximum atomic E-state index is 12.6. The Bertz CT molecular complexity index is 908. The first-order valence-electron chi connectivity index (χ1n) is 8.57. The Labute approximate surface area is 153 Å². The molecule has 1 heterocycles. The second-order valence-corrected chi connectivity index (χ2v) is 6.14. The Hall–Kier alpha value is -3.21. The smallest absolute Gasteiger partial charge is 0.273 e. The van der Waals surface area contributed by atoms with Crippen molar-refractivity contribution in [2.24, 2.45) is 0 Å². The van der Waals surface area contributed by atoms with Crippen molar-refractivity contribution in [3.05, 3.63) is 88.9 Å². The lowest BCUT2D eigenvalue weighted by Gasteiger charge is -2.12. The maximum absolute atomic E-state index is 12.6. The van der Waals surface area contributed by atoms with Gasteiger partial charge in [0.25, 0.3) is 5.91 Å². The molecule has 0 spiro atoms. The molecular weight excluding hydrogens is 324 g/mol. The van der Waals surface area contributed by atoms with Gasteiger partial charge in [-0.1, -0.05) is 48.5 Å². The van der Waals surface area contributed by atoms with Crippen LogP contribution in [0.15, 0.2) is 60.9 Å². The number of amides is 1. The zero-order valence-electron chi connectivity index (χ0n) is 15.0. The van der Waals surface area contributed by atoms with Gasteiger partial charge in [0, 0.05) is 25.5 Å². The van der Waals surface area contributed by atoms with Crippen LogP contribution in [0.1, 0.15) is 32.7 Å². The molecule has 26 heavy (non-hydrogen) atoms. The molecule has 2 aromatic carbocycles. The Morgan fingerprint density at radius 1 is 0.846 bits per heavy atom. The summed E-state index contributed by atoms with van der Waals surface area (Å²) in [7, 11) is 0. The van der Waals surface area contributed by atoms with Crippen molar-refractivity contribution in [1.82, 2.24) is 15.3 Å². The van der Waals surface area contributed by atoms with Gasteiger partial charge in [-0.3, -0.25) is 4.79 Å². The van der Waals surface area contributed by atoms with Gasteiger partial charge in [0.05, 0.1) is 0 Å². The third-order valence-corrected chi connectivity index (χ3v) is 4.32. The van der Waals surface area contributed by atoms with Gasteiger partial charge in [0.2, 0.25) is 0 Å². The van der Waals surface area contributed by atoms with Crippen molar-refractivity contribution in [2.75, 3.05) is 5.32 Å². The van der Waals surface area contributed by atoms with E-state index in [9.17, 15) is 4.79 Å². The van der Waals surface area contributed by atoms with Crippen molar-refractivity contribution in [3.63, 3.8) is 0 Å². The number of carbonyl (C=O) groups excluding carboxylic acids is 1. The fraction of sp³-hybridized carbons (Fsp3) is 0.190. The molecule has 1 amide bonds. The molecule has 1 aromatic heterocycles. The lowest BCUT2D eigenvalue weighted by molar-refractivity contribution is 0.0946.